The van der Waals surface area contributed by atoms with Gasteiger partial charge in [-0.3, -0.25) is 4.98 Å². The number of aryl methyl sites for hydroxylation is 1. The topological polar surface area (TPSA) is 22.1 Å². The van der Waals surface area contributed by atoms with Crippen LogP contribution >= 0.6 is 11.8 Å². The van der Waals surface area contributed by atoms with Crippen molar-refractivity contribution in [2.45, 2.75) is 24.2 Å². The average Bonchev–Trinajstić information content (AvgIpc) is 2.76. The maximum Gasteiger partial charge on any atom is 0.119 e. The number of benzene rings is 2. The van der Waals surface area contributed by atoms with Gasteiger partial charge in [0, 0.05) is 17.3 Å². The van der Waals surface area contributed by atoms with Gasteiger partial charge >= 0.3 is 0 Å². The largest absolute Gasteiger partial charge is 0.494 e. The minimum Gasteiger partial charge on any atom is -0.494 e. The summed E-state index contributed by atoms with van der Waals surface area (Å²) in [4.78, 5) is 5.43. The third-order valence-electron chi connectivity index (χ3n) is 4.11. The molecular formula is C24H25NOS. The molecule has 0 radical (unpaired) electrons. The standard InChI is InChI=1S/C22H23NOS.C2H2/c1-25-22-9-4-8-20(16-22)19-10-12-21(13-11-19)24-15-3-2-6-18-7-5-14-23-17-18;1-2/h4-5,7-14,16-17H,2-3,6,15H2,1H3;1-2H. The fraction of sp³-hybridized carbons (Fsp3) is 0.208. The molecule has 0 N–H and O–H groups in total. The summed E-state index contributed by atoms with van der Waals surface area (Å²) < 4.78 is 5.86. The zero-order chi connectivity index (χ0) is 19.3. The molecule has 0 spiro atoms. The molecule has 0 amide bonds. The van der Waals surface area contributed by atoms with E-state index in [4.69, 9.17) is 4.74 Å². The van der Waals surface area contributed by atoms with E-state index in [9.17, 15) is 0 Å². The number of hydrogen-bond donors (Lipinski definition) is 0. The van der Waals surface area contributed by atoms with Crippen molar-refractivity contribution in [3.05, 3.63) is 78.6 Å². The Morgan fingerprint density at radius 3 is 2.44 bits per heavy atom. The first-order valence-corrected chi connectivity index (χ1v) is 10.2. The van der Waals surface area contributed by atoms with E-state index in [2.05, 4.69) is 78.7 Å². The lowest BCUT2D eigenvalue weighted by atomic mass is 10.1. The fourth-order valence-corrected chi connectivity index (χ4v) is 3.17. The number of ether oxygens (including phenoxy) is 1. The van der Waals surface area contributed by atoms with E-state index in [0.29, 0.717) is 0 Å². The zero-order valence-electron chi connectivity index (χ0n) is 15.7. The van der Waals surface area contributed by atoms with Crippen LogP contribution in [0.15, 0.2) is 78.0 Å². The third-order valence-corrected chi connectivity index (χ3v) is 4.83. The Morgan fingerprint density at radius 1 is 0.926 bits per heavy atom. The summed E-state index contributed by atoms with van der Waals surface area (Å²) in [6.07, 6.45) is 17.1. The van der Waals surface area contributed by atoms with Crippen LogP contribution in [0.3, 0.4) is 0 Å². The monoisotopic (exact) mass is 375 g/mol. The molecule has 2 nitrogen and oxygen atoms in total. The minimum absolute atomic E-state index is 0.752. The van der Waals surface area contributed by atoms with E-state index in [0.717, 1.165) is 31.6 Å². The highest BCUT2D eigenvalue weighted by molar-refractivity contribution is 7.98. The molecule has 3 rings (SSSR count). The normalized spacial score (nSPS) is 9.89. The van der Waals surface area contributed by atoms with Gasteiger partial charge in [0.25, 0.3) is 0 Å². The predicted molar refractivity (Wildman–Crippen MR) is 116 cm³/mol. The van der Waals surface area contributed by atoms with Gasteiger partial charge in [-0.1, -0.05) is 30.3 Å². The Hall–Kier alpha value is -2.70. The minimum atomic E-state index is 0.752. The van der Waals surface area contributed by atoms with Crippen molar-refractivity contribution < 1.29 is 4.74 Å². The summed E-state index contributed by atoms with van der Waals surface area (Å²) in [5.74, 6) is 0.936. The summed E-state index contributed by atoms with van der Waals surface area (Å²) >= 11 is 1.77. The molecule has 0 bridgehead atoms. The van der Waals surface area contributed by atoms with Gasteiger partial charge in [-0.05, 0) is 72.5 Å². The Kier molecular flexibility index (Phi) is 9.03. The molecule has 1 aromatic heterocycles. The van der Waals surface area contributed by atoms with E-state index in [1.54, 1.807) is 11.8 Å². The number of thioether (sulfide) groups is 1. The molecule has 0 atom stereocenters. The van der Waals surface area contributed by atoms with Gasteiger partial charge in [-0.15, -0.1) is 24.6 Å². The van der Waals surface area contributed by atoms with Crippen LogP contribution in [0.25, 0.3) is 11.1 Å². The lowest BCUT2D eigenvalue weighted by Crippen LogP contribution is -1.98. The van der Waals surface area contributed by atoms with Crippen molar-refractivity contribution in [2.75, 3.05) is 12.9 Å². The second-order valence-electron chi connectivity index (χ2n) is 5.92. The lowest BCUT2D eigenvalue weighted by molar-refractivity contribution is 0.307. The summed E-state index contributed by atoms with van der Waals surface area (Å²) in [7, 11) is 0. The van der Waals surface area contributed by atoms with Crippen molar-refractivity contribution in [1.82, 2.24) is 4.98 Å². The van der Waals surface area contributed by atoms with Gasteiger partial charge in [-0.2, -0.15) is 0 Å². The summed E-state index contributed by atoms with van der Waals surface area (Å²) in [5.41, 5.74) is 3.76. The van der Waals surface area contributed by atoms with Crippen LogP contribution in [-0.2, 0) is 6.42 Å². The Labute approximate surface area is 167 Å². The number of unbranched alkanes of at least 4 members (excludes halogenated alkanes) is 1. The first kappa shape index (κ1) is 20.6. The molecule has 0 aliphatic rings. The number of nitrogens with zero attached hydrogens (tertiary/aromatic N) is 1. The second-order valence-corrected chi connectivity index (χ2v) is 6.80. The SMILES string of the molecule is C#C.CSc1cccc(-c2ccc(OCCCCc3cccnc3)cc2)c1. The molecule has 1 heterocycles. The molecule has 2 aromatic carbocycles. The van der Waals surface area contributed by atoms with Crippen molar-refractivity contribution >= 4 is 11.8 Å². The summed E-state index contributed by atoms with van der Waals surface area (Å²) in [5, 5.41) is 0. The van der Waals surface area contributed by atoms with Crippen LogP contribution in [0.4, 0.5) is 0 Å². The fourth-order valence-electron chi connectivity index (χ4n) is 2.71. The first-order valence-electron chi connectivity index (χ1n) is 8.95. The molecule has 0 unspecified atom stereocenters. The van der Waals surface area contributed by atoms with Gasteiger partial charge in [0.05, 0.1) is 6.61 Å². The maximum absolute atomic E-state index is 5.86. The molecule has 27 heavy (non-hydrogen) atoms. The summed E-state index contributed by atoms with van der Waals surface area (Å²) in [6, 6.07) is 21.1. The predicted octanol–water partition coefficient (Wildman–Crippen LogP) is 6.12. The molecular weight excluding hydrogens is 350 g/mol. The molecule has 138 valence electrons. The molecule has 3 aromatic rings. The molecule has 0 aliphatic carbocycles. The number of pyridine rings is 1. The molecule has 0 aliphatic heterocycles. The molecule has 0 saturated carbocycles. The third kappa shape index (κ3) is 6.84. The Bertz CT molecular complexity index is 813. The Morgan fingerprint density at radius 2 is 1.74 bits per heavy atom. The van der Waals surface area contributed by atoms with Crippen LogP contribution in [0, 0.1) is 12.8 Å². The van der Waals surface area contributed by atoms with Crippen LogP contribution in [0.2, 0.25) is 0 Å². The van der Waals surface area contributed by atoms with Crippen LogP contribution in [-0.4, -0.2) is 17.8 Å². The van der Waals surface area contributed by atoms with E-state index < -0.39 is 0 Å². The number of aromatic nitrogens is 1. The number of rotatable bonds is 8. The van der Waals surface area contributed by atoms with Crippen molar-refractivity contribution in [3.63, 3.8) is 0 Å². The summed E-state index contributed by atoms with van der Waals surface area (Å²) in [6.45, 7) is 0.752. The highest BCUT2D eigenvalue weighted by Gasteiger charge is 2.01. The molecule has 3 heteroatoms. The van der Waals surface area contributed by atoms with Crippen molar-refractivity contribution in [2.24, 2.45) is 0 Å². The molecule has 0 fully saturated rings. The maximum atomic E-state index is 5.86. The lowest BCUT2D eigenvalue weighted by Gasteiger charge is -2.08. The van der Waals surface area contributed by atoms with Gasteiger partial charge in [-0.25, -0.2) is 0 Å². The van der Waals surface area contributed by atoms with Crippen molar-refractivity contribution in [1.29, 1.82) is 0 Å². The highest BCUT2D eigenvalue weighted by atomic mass is 32.2. The first-order chi connectivity index (χ1) is 13.3. The van der Waals surface area contributed by atoms with Gasteiger partial charge in [0.1, 0.15) is 5.75 Å². The Balaban J connectivity index is 0.00000126. The smallest absolute Gasteiger partial charge is 0.119 e. The van der Waals surface area contributed by atoms with Crippen molar-refractivity contribution in [3.8, 4) is 29.7 Å². The van der Waals surface area contributed by atoms with E-state index in [-0.39, 0.29) is 0 Å². The van der Waals surface area contributed by atoms with Gasteiger partial charge in [0.2, 0.25) is 0 Å². The van der Waals surface area contributed by atoms with Gasteiger partial charge in [0.15, 0.2) is 0 Å². The highest BCUT2D eigenvalue weighted by Crippen LogP contribution is 2.26. The van der Waals surface area contributed by atoms with Crippen LogP contribution in [0.5, 0.6) is 5.75 Å². The van der Waals surface area contributed by atoms with Crippen LogP contribution < -0.4 is 4.74 Å². The molecule has 0 saturated heterocycles. The second kappa shape index (κ2) is 11.8. The van der Waals surface area contributed by atoms with Crippen LogP contribution in [0.1, 0.15) is 18.4 Å². The van der Waals surface area contributed by atoms with E-state index >= 15 is 0 Å². The number of hydrogen-bond acceptors (Lipinski definition) is 3. The zero-order valence-corrected chi connectivity index (χ0v) is 16.5. The van der Waals surface area contributed by atoms with E-state index in [1.165, 1.54) is 21.6 Å². The average molecular weight is 376 g/mol. The van der Waals surface area contributed by atoms with E-state index in [1.807, 2.05) is 18.5 Å². The van der Waals surface area contributed by atoms with Gasteiger partial charge < -0.3 is 4.74 Å². The quantitative estimate of drug-likeness (QED) is 0.269. The number of terminal acetylenes is 1.